The van der Waals surface area contributed by atoms with E-state index >= 15 is 0 Å². The van der Waals surface area contributed by atoms with Crippen molar-refractivity contribution >= 4 is 11.5 Å². The molecule has 0 saturated heterocycles. The summed E-state index contributed by atoms with van der Waals surface area (Å²) in [6.07, 6.45) is 1.60. The van der Waals surface area contributed by atoms with Crippen molar-refractivity contribution in [2.75, 3.05) is 14.2 Å². The molecule has 1 aromatic carbocycles. The number of rotatable bonds is 5. The number of ether oxygens (including phenoxy) is 2. The van der Waals surface area contributed by atoms with Gasteiger partial charge in [0, 0.05) is 11.8 Å². The number of hydrogen-bond donors (Lipinski definition) is 2. The number of aromatic amines is 2. The predicted molar refractivity (Wildman–Crippen MR) is 88.4 cm³/mol. The van der Waals surface area contributed by atoms with Crippen molar-refractivity contribution in [3.05, 3.63) is 52.9 Å². The monoisotopic (exact) mass is 325 g/mol. The first-order chi connectivity index (χ1) is 11.7. The minimum absolute atomic E-state index is 0.160. The van der Waals surface area contributed by atoms with Crippen molar-refractivity contribution in [3.8, 4) is 22.8 Å². The normalized spacial score (nSPS) is 10.9. The van der Waals surface area contributed by atoms with Gasteiger partial charge in [0.15, 0.2) is 23.0 Å². The summed E-state index contributed by atoms with van der Waals surface area (Å²) in [6.45, 7) is 0. The molecule has 3 aromatic rings. The minimum atomic E-state index is -0.375. The van der Waals surface area contributed by atoms with Gasteiger partial charge in [-0.1, -0.05) is 6.07 Å². The molecule has 0 aliphatic heterocycles. The second kappa shape index (κ2) is 6.78. The fourth-order valence-corrected chi connectivity index (χ4v) is 2.16. The molecule has 0 fully saturated rings. The van der Waals surface area contributed by atoms with Crippen molar-refractivity contribution < 1.29 is 9.47 Å². The van der Waals surface area contributed by atoms with Gasteiger partial charge in [0.05, 0.1) is 19.9 Å². The SMILES string of the molecule is COc1ccc(-c2[nH][nH]c(=O)c2N=Nc2ccccn2)cc1OC. The van der Waals surface area contributed by atoms with E-state index in [4.69, 9.17) is 9.47 Å². The highest BCUT2D eigenvalue weighted by molar-refractivity contribution is 5.73. The molecular formula is C16H15N5O3. The summed E-state index contributed by atoms with van der Waals surface area (Å²) in [5.74, 6) is 1.55. The molecule has 0 aliphatic carbocycles. The van der Waals surface area contributed by atoms with Crippen LogP contribution < -0.4 is 15.0 Å². The quantitative estimate of drug-likeness (QED) is 0.703. The molecule has 0 aliphatic rings. The first-order valence-corrected chi connectivity index (χ1v) is 7.08. The van der Waals surface area contributed by atoms with E-state index in [2.05, 4.69) is 25.4 Å². The molecule has 8 nitrogen and oxygen atoms in total. The highest BCUT2D eigenvalue weighted by Crippen LogP contribution is 2.34. The summed E-state index contributed by atoms with van der Waals surface area (Å²) < 4.78 is 10.5. The van der Waals surface area contributed by atoms with Gasteiger partial charge in [0.25, 0.3) is 5.56 Å². The van der Waals surface area contributed by atoms with Crippen LogP contribution >= 0.6 is 0 Å². The van der Waals surface area contributed by atoms with Crippen LogP contribution in [-0.2, 0) is 0 Å². The summed E-state index contributed by atoms with van der Waals surface area (Å²) in [7, 11) is 3.10. The van der Waals surface area contributed by atoms with E-state index in [1.165, 1.54) is 0 Å². The molecule has 122 valence electrons. The third kappa shape index (κ3) is 3.02. The maximum atomic E-state index is 12.0. The Morgan fingerprint density at radius 1 is 1.00 bits per heavy atom. The number of nitrogens with one attached hydrogen (secondary N) is 2. The second-order valence-corrected chi connectivity index (χ2v) is 4.76. The number of benzene rings is 1. The van der Waals surface area contributed by atoms with E-state index in [9.17, 15) is 4.79 Å². The smallest absolute Gasteiger partial charge is 0.292 e. The topological polar surface area (TPSA) is 105 Å². The van der Waals surface area contributed by atoms with Crippen molar-refractivity contribution in [2.45, 2.75) is 0 Å². The summed E-state index contributed by atoms with van der Waals surface area (Å²) >= 11 is 0. The fourth-order valence-electron chi connectivity index (χ4n) is 2.16. The summed E-state index contributed by atoms with van der Waals surface area (Å²) in [6, 6.07) is 10.5. The Kier molecular flexibility index (Phi) is 4.37. The number of H-pyrrole nitrogens is 2. The van der Waals surface area contributed by atoms with E-state index in [1.807, 2.05) is 0 Å². The lowest BCUT2D eigenvalue weighted by atomic mass is 10.1. The lowest BCUT2D eigenvalue weighted by Gasteiger charge is -2.08. The molecule has 0 spiro atoms. The molecule has 3 rings (SSSR count). The Hall–Kier alpha value is -3.42. The van der Waals surface area contributed by atoms with E-state index < -0.39 is 0 Å². The van der Waals surface area contributed by atoms with Gasteiger partial charge in [-0.05, 0) is 30.3 Å². The molecular weight excluding hydrogens is 310 g/mol. The molecule has 2 heterocycles. The number of methoxy groups -OCH3 is 2. The molecule has 0 saturated carbocycles. The summed E-state index contributed by atoms with van der Waals surface area (Å²) in [4.78, 5) is 16.0. The van der Waals surface area contributed by atoms with E-state index in [1.54, 1.807) is 56.8 Å². The van der Waals surface area contributed by atoms with Crippen LogP contribution in [0.3, 0.4) is 0 Å². The number of hydrogen-bond acceptors (Lipinski definition) is 6. The first-order valence-electron chi connectivity index (χ1n) is 7.08. The van der Waals surface area contributed by atoms with Gasteiger partial charge in [0.1, 0.15) is 0 Å². The number of aromatic nitrogens is 3. The van der Waals surface area contributed by atoms with Gasteiger partial charge < -0.3 is 9.47 Å². The largest absolute Gasteiger partial charge is 0.493 e. The molecule has 2 aromatic heterocycles. The highest BCUT2D eigenvalue weighted by atomic mass is 16.5. The second-order valence-electron chi connectivity index (χ2n) is 4.76. The lowest BCUT2D eigenvalue weighted by molar-refractivity contribution is 0.355. The van der Waals surface area contributed by atoms with Gasteiger partial charge in [-0.3, -0.25) is 15.0 Å². The third-order valence-corrected chi connectivity index (χ3v) is 3.33. The van der Waals surface area contributed by atoms with E-state index in [-0.39, 0.29) is 11.2 Å². The Morgan fingerprint density at radius 3 is 2.54 bits per heavy atom. The average Bonchev–Trinajstić information content (AvgIpc) is 3.00. The van der Waals surface area contributed by atoms with Gasteiger partial charge in [-0.15, -0.1) is 10.2 Å². The maximum absolute atomic E-state index is 12.0. The van der Waals surface area contributed by atoms with Crippen molar-refractivity contribution in [2.24, 2.45) is 10.2 Å². The minimum Gasteiger partial charge on any atom is -0.493 e. The predicted octanol–water partition coefficient (Wildman–Crippen LogP) is 3.20. The molecule has 0 amide bonds. The molecule has 8 heteroatoms. The van der Waals surface area contributed by atoms with Gasteiger partial charge in [-0.2, -0.15) is 0 Å². The Balaban J connectivity index is 2.02. The van der Waals surface area contributed by atoms with Crippen LogP contribution in [0.1, 0.15) is 0 Å². The zero-order chi connectivity index (χ0) is 16.9. The molecule has 0 atom stereocenters. The van der Waals surface area contributed by atoms with Crippen LogP contribution in [0.4, 0.5) is 11.5 Å². The van der Waals surface area contributed by atoms with Gasteiger partial charge >= 0.3 is 0 Å². The zero-order valence-electron chi connectivity index (χ0n) is 13.1. The van der Waals surface area contributed by atoms with Crippen LogP contribution in [0, 0.1) is 0 Å². The van der Waals surface area contributed by atoms with E-state index in [0.29, 0.717) is 28.6 Å². The standard InChI is InChI=1S/C16H15N5O3/c1-23-11-7-6-10(9-12(11)24-2)14-15(16(22)21-19-14)20-18-13-5-3-4-8-17-13/h3-9H,1-2H3,(H2,19,21,22). The Bertz CT molecular complexity index is 915. The van der Waals surface area contributed by atoms with Gasteiger partial charge in [-0.25, -0.2) is 4.98 Å². The molecule has 0 radical (unpaired) electrons. The van der Waals surface area contributed by atoms with Crippen LogP contribution in [0.15, 0.2) is 57.6 Å². The number of pyridine rings is 1. The van der Waals surface area contributed by atoms with Crippen LogP contribution in [-0.4, -0.2) is 29.4 Å². The number of azo groups is 1. The molecule has 0 bridgehead atoms. The van der Waals surface area contributed by atoms with Crippen LogP contribution in [0.5, 0.6) is 11.5 Å². The first kappa shape index (κ1) is 15.5. The van der Waals surface area contributed by atoms with Crippen LogP contribution in [0.25, 0.3) is 11.3 Å². The molecule has 0 unspecified atom stereocenters. The highest BCUT2D eigenvalue weighted by Gasteiger charge is 2.14. The van der Waals surface area contributed by atoms with Gasteiger partial charge in [0.2, 0.25) is 0 Å². The summed E-state index contributed by atoms with van der Waals surface area (Å²) in [5.41, 5.74) is 0.994. The molecule has 2 N–H and O–H groups in total. The van der Waals surface area contributed by atoms with Crippen molar-refractivity contribution in [1.82, 2.24) is 15.2 Å². The van der Waals surface area contributed by atoms with Crippen molar-refractivity contribution in [1.29, 1.82) is 0 Å². The average molecular weight is 325 g/mol. The van der Waals surface area contributed by atoms with E-state index in [0.717, 1.165) is 0 Å². The third-order valence-electron chi connectivity index (χ3n) is 3.33. The fraction of sp³-hybridized carbons (Fsp3) is 0.125. The molecule has 24 heavy (non-hydrogen) atoms. The maximum Gasteiger partial charge on any atom is 0.292 e. The number of nitrogens with zero attached hydrogens (tertiary/aromatic N) is 3. The Labute approximate surface area is 137 Å². The Morgan fingerprint density at radius 2 is 1.83 bits per heavy atom. The summed E-state index contributed by atoms with van der Waals surface area (Å²) in [5, 5.41) is 13.3. The lowest BCUT2D eigenvalue weighted by Crippen LogP contribution is -1.96. The van der Waals surface area contributed by atoms with Crippen LogP contribution in [0.2, 0.25) is 0 Å². The zero-order valence-corrected chi connectivity index (χ0v) is 13.1. The van der Waals surface area contributed by atoms with Crippen molar-refractivity contribution in [3.63, 3.8) is 0 Å².